The van der Waals surface area contributed by atoms with Gasteiger partial charge in [0.25, 0.3) is 5.91 Å². The number of alkyl halides is 3. The van der Waals surface area contributed by atoms with Gasteiger partial charge in [-0.1, -0.05) is 11.6 Å². The van der Waals surface area contributed by atoms with Crippen LogP contribution in [-0.4, -0.2) is 28.2 Å². The van der Waals surface area contributed by atoms with Gasteiger partial charge >= 0.3 is 6.18 Å². The first-order chi connectivity index (χ1) is 12.8. The van der Waals surface area contributed by atoms with E-state index < -0.39 is 28.6 Å². The van der Waals surface area contributed by atoms with Gasteiger partial charge in [0.15, 0.2) is 0 Å². The molecule has 10 heteroatoms. The van der Waals surface area contributed by atoms with Gasteiger partial charge in [0.05, 0.1) is 23.3 Å². The minimum Gasteiger partial charge on any atom is -0.494 e. The Labute approximate surface area is 155 Å². The number of carbonyl (C=O) groups excluding carboxylic acids is 1. The number of nitrogens with one attached hydrogen (secondary N) is 1. The Hall–Kier alpha value is -2.91. The average Bonchev–Trinajstić information content (AvgIpc) is 2.66. The second-order valence-corrected chi connectivity index (χ2v) is 5.76. The molecule has 0 aliphatic rings. The van der Waals surface area contributed by atoms with Gasteiger partial charge in [0.1, 0.15) is 11.3 Å². The van der Waals surface area contributed by atoms with Crippen molar-refractivity contribution in [2.24, 2.45) is 0 Å². The third-order valence-corrected chi connectivity index (χ3v) is 4.28. The molecule has 0 saturated heterocycles. The van der Waals surface area contributed by atoms with Crippen molar-refractivity contribution < 1.29 is 27.9 Å². The summed E-state index contributed by atoms with van der Waals surface area (Å²) in [5, 5.41) is 8.03. The van der Waals surface area contributed by atoms with Crippen LogP contribution in [0.1, 0.15) is 15.9 Å². The van der Waals surface area contributed by atoms with E-state index in [2.05, 4.69) is 9.97 Å². The first-order valence-corrected chi connectivity index (χ1v) is 7.78. The number of halogens is 4. The Balaban J connectivity index is 2.51. The van der Waals surface area contributed by atoms with Crippen LogP contribution in [0.3, 0.4) is 0 Å². The Morgan fingerprint density at radius 2 is 1.96 bits per heavy atom. The summed E-state index contributed by atoms with van der Waals surface area (Å²) < 4.78 is 46.7. The van der Waals surface area contributed by atoms with Crippen LogP contribution in [0.15, 0.2) is 36.8 Å². The third kappa shape index (κ3) is 3.26. The molecule has 2 aromatic heterocycles. The maximum Gasteiger partial charge on any atom is 0.417 e. The Morgan fingerprint density at radius 3 is 2.52 bits per heavy atom. The Bertz CT molecular complexity index is 1030. The molecule has 6 nitrogen and oxygen atoms in total. The van der Waals surface area contributed by atoms with E-state index in [4.69, 9.17) is 21.5 Å². The maximum atomic E-state index is 13.8. The fourth-order valence-corrected chi connectivity index (χ4v) is 3.08. The predicted molar refractivity (Wildman–Crippen MR) is 90.8 cm³/mol. The SMILES string of the molecule is COc1cc(-c2ccncc2)c(Cl)c2c(C(F)(F)F)c(C(=O)NO)cnc12. The fourth-order valence-electron chi connectivity index (χ4n) is 2.73. The summed E-state index contributed by atoms with van der Waals surface area (Å²) in [5.41, 5.74) is -0.414. The molecule has 0 bridgehead atoms. The van der Waals surface area contributed by atoms with Gasteiger partial charge in [0, 0.05) is 29.5 Å². The lowest BCUT2D eigenvalue weighted by molar-refractivity contribution is -0.136. The third-order valence-electron chi connectivity index (χ3n) is 3.88. The van der Waals surface area contributed by atoms with Crippen molar-refractivity contribution in [2.45, 2.75) is 6.18 Å². The predicted octanol–water partition coefficient (Wildman–Crippen LogP) is 4.10. The van der Waals surface area contributed by atoms with Crippen molar-refractivity contribution in [3.8, 4) is 16.9 Å². The van der Waals surface area contributed by atoms with Gasteiger partial charge in [0.2, 0.25) is 0 Å². The van der Waals surface area contributed by atoms with Crippen LogP contribution in [0, 0.1) is 0 Å². The summed E-state index contributed by atoms with van der Waals surface area (Å²) in [7, 11) is 1.28. The van der Waals surface area contributed by atoms with Gasteiger partial charge < -0.3 is 4.74 Å². The number of ether oxygens (including phenoxy) is 1. The number of pyridine rings is 2. The van der Waals surface area contributed by atoms with Gasteiger partial charge in [-0.3, -0.25) is 20.0 Å². The molecular formula is C17H11ClF3N3O3. The number of hydroxylamine groups is 1. The summed E-state index contributed by atoms with van der Waals surface area (Å²) in [5.74, 6) is -1.32. The highest BCUT2D eigenvalue weighted by Gasteiger charge is 2.39. The van der Waals surface area contributed by atoms with Crippen molar-refractivity contribution in [3.63, 3.8) is 0 Å². The quantitative estimate of drug-likeness (QED) is 0.513. The van der Waals surface area contributed by atoms with Gasteiger partial charge in [-0.2, -0.15) is 13.2 Å². The Morgan fingerprint density at radius 1 is 1.30 bits per heavy atom. The molecule has 0 aliphatic heterocycles. The number of methoxy groups -OCH3 is 1. The highest BCUT2D eigenvalue weighted by molar-refractivity contribution is 6.39. The number of hydrogen-bond donors (Lipinski definition) is 2. The lowest BCUT2D eigenvalue weighted by Gasteiger charge is -2.18. The van der Waals surface area contributed by atoms with Crippen LogP contribution in [0.2, 0.25) is 5.02 Å². The molecule has 0 radical (unpaired) electrons. The number of fused-ring (bicyclic) bond motifs is 1. The van der Waals surface area contributed by atoms with Crippen LogP contribution in [-0.2, 0) is 6.18 Å². The summed E-state index contributed by atoms with van der Waals surface area (Å²) in [4.78, 5) is 19.5. The monoisotopic (exact) mass is 397 g/mol. The van der Waals surface area contributed by atoms with Gasteiger partial charge in [-0.15, -0.1) is 0 Å². The minimum atomic E-state index is -4.95. The maximum absolute atomic E-state index is 13.8. The summed E-state index contributed by atoms with van der Waals surface area (Å²) >= 11 is 6.33. The van der Waals surface area contributed by atoms with Gasteiger partial charge in [-0.25, -0.2) is 5.48 Å². The topological polar surface area (TPSA) is 84.3 Å². The van der Waals surface area contributed by atoms with E-state index in [1.165, 1.54) is 31.0 Å². The second-order valence-electron chi connectivity index (χ2n) is 5.39. The standard InChI is InChI=1S/C17H11ClF3N3O3/c1-27-11-6-9(8-2-4-22-5-3-8)14(18)12-13(17(19,20)21)10(16(25)24-26)7-23-15(11)12/h2-7,26H,1H3,(H,24,25). The van der Waals surface area contributed by atoms with Gasteiger partial charge in [-0.05, 0) is 23.8 Å². The van der Waals surface area contributed by atoms with E-state index >= 15 is 0 Å². The molecular weight excluding hydrogens is 387 g/mol. The molecule has 0 aliphatic carbocycles. The lowest BCUT2D eigenvalue weighted by Crippen LogP contribution is -2.24. The van der Waals surface area contributed by atoms with E-state index in [9.17, 15) is 18.0 Å². The zero-order valence-electron chi connectivity index (χ0n) is 13.6. The number of amides is 1. The molecule has 1 amide bonds. The summed E-state index contributed by atoms with van der Waals surface area (Å²) in [6, 6.07) is 4.59. The van der Waals surface area contributed by atoms with Crippen molar-refractivity contribution in [1.29, 1.82) is 0 Å². The number of benzene rings is 1. The highest BCUT2D eigenvalue weighted by Crippen LogP contribution is 2.45. The van der Waals surface area contributed by atoms with Crippen LogP contribution in [0.4, 0.5) is 13.2 Å². The average molecular weight is 398 g/mol. The number of aromatic nitrogens is 2. The molecule has 2 N–H and O–H groups in total. The van der Waals surface area contributed by atoms with Crippen molar-refractivity contribution in [3.05, 3.63) is 52.9 Å². The largest absolute Gasteiger partial charge is 0.494 e. The van der Waals surface area contributed by atoms with E-state index in [0.29, 0.717) is 11.8 Å². The van der Waals surface area contributed by atoms with Crippen LogP contribution < -0.4 is 10.2 Å². The summed E-state index contributed by atoms with van der Waals surface area (Å²) in [6.07, 6.45) is -1.32. The number of rotatable bonds is 3. The molecule has 0 spiro atoms. The molecule has 1 aromatic carbocycles. The first kappa shape index (κ1) is 18.9. The second kappa shape index (κ2) is 7.01. The highest BCUT2D eigenvalue weighted by atomic mass is 35.5. The zero-order chi connectivity index (χ0) is 19.8. The zero-order valence-corrected chi connectivity index (χ0v) is 14.4. The molecule has 2 heterocycles. The molecule has 0 fully saturated rings. The van der Waals surface area contributed by atoms with Crippen molar-refractivity contribution >= 4 is 28.4 Å². The summed E-state index contributed by atoms with van der Waals surface area (Å²) in [6.45, 7) is 0. The molecule has 3 aromatic rings. The number of nitrogens with zero attached hydrogens (tertiary/aromatic N) is 2. The molecule has 0 saturated carbocycles. The van der Waals surface area contributed by atoms with Crippen molar-refractivity contribution in [2.75, 3.05) is 7.11 Å². The smallest absolute Gasteiger partial charge is 0.417 e. The fraction of sp³-hybridized carbons (Fsp3) is 0.118. The van der Waals surface area contributed by atoms with E-state index in [-0.39, 0.29) is 21.9 Å². The van der Waals surface area contributed by atoms with E-state index in [1.54, 1.807) is 12.1 Å². The molecule has 140 valence electrons. The van der Waals surface area contributed by atoms with Crippen LogP contribution >= 0.6 is 11.6 Å². The Kier molecular flexibility index (Phi) is 4.90. The first-order valence-electron chi connectivity index (χ1n) is 7.40. The minimum absolute atomic E-state index is 0.0441. The lowest BCUT2D eigenvalue weighted by atomic mass is 9.97. The number of hydrogen-bond acceptors (Lipinski definition) is 5. The molecule has 0 unspecified atom stereocenters. The van der Waals surface area contributed by atoms with Crippen molar-refractivity contribution in [1.82, 2.24) is 15.4 Å². The van der Waals surface area contributed by atoms with Crippen LogP contribution in [0.5, 0.6) is 5.75 Å². The molecule has 3 rings (SSSR count). The molecule has 27 heavy (non-hydrogen) atoms. The molecule has 0 atom stereocenters. The van der Waals surface area contributed by atoms with Crippen LogP contribution in [0.25, 0.3) is 22.0 Å². The van der Waals surface area contributed by atoms with E-state index in [0.717, 1.165) is 0 Å². The number of carbonyl (C=O) groups is 1. The van der Waals surface area contributed by atoms with E-state index in [1.807, 2.05) is 0 Å². The normalized spacial score (nSPS) is 11.5.